The summed E-state index contributed by atoms with van der Waals surface area (Å²) in [5, 5.41) is 0. The van der Waals surface area contributed by atoms with Crippen molar-refractivity contribution in [3.8, 4) is 0 Å². The second-order valence-corrected chi connectivity index (χ2v) is 4.26. The first-order chi connectivity index (χ1) is 7.13. The molecule has 82 valence electrons. The van der Waals surface area contributed by atoms with Gasteiger partial charge in [-0.2, -0.15) is 0 Å². The minimum atomic E-state index is 0.253. The highest BCUT2D eigenvalue weighted by Gasteiger charge is 2.05. The van der Waals surface area contributed by atoms with E-state index in [2.05, 4.69) is 38.6 Å². The zero-order valence-electron chi connectivity index (χ0n) is 9.79. The van der Waals surface area contributed by atoms with Gasteiger partial charge in [-0.15, -0.1) is 6.58 Å². The molecule has 0 aromatic heterocycles. The smallest absolute Gasteiger partial charge is 0.00823 e. The van der Waals surface area contributed by atoms with Crippen LogP contribution in [0.3, 0.4) is 0 Å². The molecule has 0 radical (unpaired) electrons. The Labute approximate surface area is 93.0 Å². The van der Waals surface area contributed by atoms with Crippen LogP contribution >= 0.6 is 0 Å². The Morgan fingerprint density at radius 3 is 2.80 bits per heavy atom. The van der Waals surface area contributed by atoms with Crippen molar-refractivity contribution in [1.82, 2.24) is 0 Å². The lowest BCUT2D eigenvalue weighted by molar-refractivity contribution is 0.616. The number of aryl methyl sites for hydroxylation is 2. The van der Waals surface area contributed by atoms with Crippen molar-refractivity contribution < 1.29 is 0 Å². The lowest BCUT2D eigenvalue weighted by Gasteiger charge is -2.13. The Morgan fingerprint density at radius 1 is 1.40 bits per heavy atom. The molecule has 1 unspecified atom stereocenters. The third-order valence-electron chi connectivity index (χ3n) is 2.73. The molecule has 0 saturated heterocycles. The molecule has 0 amide bonds. The molecule has 1 nitrogen and oxygen atoms in total. The van der Waals surface area contributed by atoms with Crippen LogP contribution in [0.5, 0.6) is 0 Å². The van der Waals surface area contributed by atoms with E-state index in [0.717, 1.165) is 19.3 Å². The first-order valence-electron chi connectivity index (χ1n) is 5.56. The molecule has 1 aromatic carbocycles. The standard InChI is InChI=1S/C14H21N/c1-4-5-6-14(15)10-13-9-11(2)7-8-12(13)3/h4,7-9,14H,1,5-6,10,15H2,2-3H3. The van der Waals surface area contributed by atoms with Gasteiger partial charge in [0.05, 0.1) is 0 Å². The quantitative estimate of drug-likeness (QED) is 0.731. The van der Waals surface area contributed by atoms with Crippen LogP contribution in [0.25, 0.3) is 0 Å². The molecule has 0 bridgehead atoms. The molecule has 2 N–H and O–H groups in total. The van der Waals surface area contributed by atoms with Gasteiger partial charge in [0.15, 0.2) is 0 Å². The first kappa shape index (κ1) is 12.0. The molecule has 1 aromatic rings. The van der Waals surface area contributed by atoms with Crippen molar-refractivity contribution in [2.75, 3.05) is 0 Å². The molecule has 0 aliphatic rings. The maximum absolute atomic E-state index is 6.06. The first-order valence-corrected chi connectivity index (χ1v) is 5.56. The number of benzene rings is 1. The van der Waals surface area contributed by atoms with Crippen molar-refractivity contribution in [3.05, 3.63) is 47.5 Å². The van der Waals surface area contributed by atoms with E-state index in [9.17, 15) is 0 Å². The Bertz CT molecular complexity index is 328. The SMILES string of the molecule is C=CCCC(N)Cc1cc(C)ccc1C. The monoisotopic (exact) mass is 203 g/mol. The summed E-state index contributed by atoms with van der Waals surface area (Å²) in [6.07, 6.45) is 4.94. The van der Waals surface area contributed by atoms with Gasteiger partial charge < -0.3 is 5.73 Å². The molecule has 0 heterocycles. The number of hydrogen-bond donors (Lipinski definition) is 1. The molecule has 0 aliphatic carbocycles. The topological polar surface area (TPSA) is 26.0 Å². The van der Waals surface area contributed by atoms with Crippen LogP contribution in [0.2, 0.25) is 0 Å². The molecule has 0 spiro atoms. The van der Waals surface area contributed by atoms with Crippen LogP contribution < -0.4 is 5.73 Å². The number of allylic oxidation sites excluding steroid dienone is 1. The van der Waals surface area contributed by atoms with E-state index in [0.29, 0.717) is 0 Å². The van der Waals surface area contributed by atoms with E-state index in [4.69, 9.17) is 5.73 Å². The van der Waals surface area contributed by atoms with Gasteiger partial charge in [0.1, 0.15) is 0 Å². The van der Waals surface area contributed by atoms with Crippen molar-refractivity contribution in [1.29, 1.82) is 0 Å². The molecule has 0 saturated carbocycles. The third-order valence-corrected chi connectivity index (χ3v) is 2.73. The van der Waals surface area contributed by atoms with E-state index < -0.39 is 0 Å². The molecule has 1 rings (SSSR count). The lowest BCUT2D eigenvalue weighted by Crippen LogP contribution is -2.22. The molecule has 0 fully saturated rings. The molecule has 1 atom stereocenters. The van der Waals surface area contributed by atoms with Crippen LogP contribution in [-0.4, -0.2) is 6.04 Å². The van der Waals surface area contributed by atoms with Crippen LogP contribution in [-0.2, 0) is 6.42 Å². The maximum Gasteiger partial charge on any atom is 0.00823 e. The molecular formula is C14H21N. The highest BCUT2D eigenvalue weighted by atomic mass is 14.6. The summed E-state index contributed by atoms with van der Waals surface area (Å²) in [4.78, 5) is 0. The average molecular weight is 203 g/mol. The zero-order valence-corrected chi connectivity index (χ0v) is 9.79. The van der Waals surface area contributed by atoms with Gasteiger partial charge in [0.25, 0.3) is 0 Å². The Kier molecular flexibility index (Phi) is 4.57. The largest absolute Gasteiger partial charge is 0.327 e. The fourth-order valence-corrected chi connectivity index (χ4v) is 1.74. The minimum Gasteiger partial charge on any atom is -0.327 e. The predicted molar refractivity (Wildman–Crippen MR) is 67.0 cm³/mol. The highest BCUT2D eigenvalue weighted by molar-refractivity contribution is 5.31. The predicted octanol–water partition coefficient (Wildman–Crippen LogP) is 3.14. The van der Waals surface area contributed by atoms with Crippen molar-refractivity contribution >= 4 is 0 Å². The van der Waals surface area contributed by atoms with E-state index in [-0.39, 0.29) is 6.04 Å². The van der Waals surface area contributed by atoms with Gasteiger partial charge in [0.2, 0.25) is 0 Å². The fourth-order valence-electron chi connectivity index (χ4n) is 1.74. The molecular weight excluding hydrogens is 182 g/mol. The van der Waals surface area contributed by atoms with E-state index in [1.807, 2.05) is 6.08 Å². The Hall–Kier alpha value is -1.08. The summed E-state index contributed by atoms with van der Waals surface area (Å²) in [6, 6.07) is 6.81. The summed E-state index contributed by atoms with van der Waals surface area (Å²) >= 11 is 0. The van der Waals surface area contributed by atoms with Crippen LogP contribution in [0, 0.1) is 13.8 Å². The molecule has 15 heavy (non-hydrogen) atoms. The second kappa shape index (κ2) is 5.72. The summed E-state index contributed by atoms with van der Waals surface area (Å²) in [5.41, 5.74) is 10.1. The maximum atomic E-state index is 6.06. The van der Waals surface area contributed by atoms with Crippen molar-refractivity contribution in [2.24, 2.45) is 5.73 Å². The van der Waals surface area contributed by atoms with E-state index in [1.165, 1.54) is 16.7 Å². The van der Waals surface area contributed by atoms with Crippen LogP contribution in [0.15, 0.2) is 30.9 Å². The van der Waals surface area contributed by atoms with Gasteiger partial charge in [-0.1, -0.05) is 29.8 Å². The van der Waals surface area contributed by atoms with Gasteiger partial charge in [0, 0.05) is 6.04 Å². The number of hydrogen-bond acceptors (Lipinski definition) is 1. The number of rotatable bonds is 5. The Morgan fingerprint density at radius 2 is 2.13 bits per heavy atom. The summed E-state index contributed by atoms with van der Waals surface area (Å²) in [5.74, 6) is 0. The third kappa shape index (κ3) is 3.88. The van der Waals surface area contributed by atoms with E-state index >= 15 is 0 Å². The van der Waals surface area contributed by atoms with Gasteiger partial charge in [-0.3, -0.25) is 0 Å². The van der Waals surface area contributed by atoms with Crippen LogP contribution in [0.4, 0.5) is 0 Å². The normalized spacial score (nSPS) is 12.5. The van der Waals surface area contributed by atoms with Crippen LogP contribution in [0.1, 0.15) is 29.5 Å². The van der Waals surface area contributed by atoms with Gasteiger partial charge in [-0.05, 0) is 44.2 Å². The van der Waals surface area contributed by atoms with Gasteiger partial charge in [-0.25, -0.2) is 0 Å². The lowest BCUT2D eigenvalue weighted by atomic mass is 9.97. The number of nitrogens with two attached hydrogens (primary N) is 1. The minimum absolute atomic E-state index is 0.253. The second-order valence-electron chi connectivity index (χ2n) is 4.26. The summed E-state index contributed by atoms with van der Waals surface area (Å²) < 4.78 is 0. The van der Waals surface area contributed by atoms with Gasteiger partial charge >= 0.3 is 0 Å². The van der Waals surface area contributed by atoms with E-state index in [1.54, 1.807) is 0 Å². The Balaban J connectivity index is 2.62. The molecule has 0 aliphatic heterocycles. The molecule has 1 heteroatoms. The average Bonchev–Trinajstić information content (AvgIpc) is 2.20. The fraction of sp³-hybridized carbons (Fsp3) is 0.429. The highest BCUT2D eigenvalue weighted by Crippen LogP contribution is 2.13. The summed E-state index contributed by atoms with van der Waals surface area (Å²) in [6.45, 7) is 7.99. The summed E-state index contributed by atoms with van der Waals surface area (Å²) in [7, 11) is 0. The van der Waals surface area contributed by atoms with Crippen molar-refractivity contribution in [3.63, 3.8) is 0 Å². The zero-order chi connectivity index (χ0) is 11.3. The van der Waals surface area contributed by atoms with Crippen molar-refractivity contribution in [2.45, 2.75) is 39.2 Å².